The summed E-state index contributed by atoms with van der Waals surface area (Å²) in [6.45, 7) is 7.02. The average molecular weight is 282 g/mol. The lowest BCUT2D eigenvalue weighted by Crippen LogP contribution is -2.52. The minimum atomic E-state index is -0.111. The second-order valence-corrected chi connectivity index (χ2v) is 6.91. The summed E-state index contributed by atoms with van der Waals surface area (Å²) >= 11 is 1.78. The van der Waals surface area contributed by atoms with E-state index >= 15 is 0 Å². The van der Waals surface area contributed by atoms with E-state index in [4.69, 9.17) is 10.5 Å². The molecule has 2 N–H and O–H groups in total. The molecule has 1 atom stereocenters. The van der Waals surface area contributed by atoms with Crippen LogP contribution in [0.1, 0.15) is 54.6 Å². The Balaban J connectivity index is 2.08. The zero-order chi connectivity index (χ0) is 13.9. The van der Waals surface area contributed by atoms with Crippen LogP contribution in [0.4, 0.5) is 0 Å². The summed E-state index contributed by atoms with van der Waals surface area (Å²) in [7, 11) is 0. The van der Waals surface area contributed by atoms with Crippen molar-refractivity contribution in [1.29, 1.82) is 0 Å². The van der Waals surface area contributed by atoms with E-state index in [1.807, 2.05) is 0 Å². The van der Waals surface area contributed by atoms with Gasteiger partial charge in [0.15, 0.2) is 0 Å². The normalized spacial score (nSPS) is 20.4. The fraction of sp³-hybridized carbons (Fsp3) is 0.800. The van der Waals surface area contributed by atoms with E-state index in [-0.39, 0.29) is 11.6 Å². The molecule has 1 unspecified atom stereocenters. The van der Waals surface area contributed by atoms with Crippen molar-refractivity contribution in [3.8, 4) is 0 Å². The Hall–Kier alpha value is -0.450. The Morgan fingerprint density at radius 3 is 2.53 bits per heavy atom. The zero-order valence-electron chi connectivity index (χ0n) is 12.4. The highest BCUT2D eigenvalue weighted by Crippen LogP contribution is 2.35. The fourth-order valence-electron chi connectivity index (χ4n) is 3.06. The predicted molar refractivity (Wildman–Crippen MR) is 80.7 cm³/mol. The van der Waals surface area contributed by atoms with Crippen LogP contribution in [0.15, 0.2) is 0 Å². The Bertz CT molecular complexity index is 385. The third-order valence-electron chi connectivity index (χ3n) is 4.27. The molecule has 1 aromatic heterocycles. The number of hydrogen-bond donors (Lipinski definition) is 1. The van der Waals surface area contributed by atoms with Crippen LogP contribution in [0.3, 0.4) is 0 Å². The molecule has 0 saturated heterocycles. The number of aryl methyl sites for hydroxylation is 2. The molecule has 4 heteroatoms. The number of hydrogen-bond acceptors (Lipinski definition) is 4. The lowest BCUT2D eigenvalue weighted by atomic mass is 9.78. The van der Waals surface area contributed by atoms with E-state index in [0.29, 0.717) is 0 Å². The van der Waals surface area contributed by atoms with Crippen LogP contribution in [-0.4, -0.2) is 23.2 Å². The molecule has 0 amide bonds. The molecule has 1 fully saturated rings. The number of rotatable bonds is 5. The average Bonchev–Trinajstić information content (AvgIpc) is 2.69. The second-order valence-electron chi connectivity index (χ2n) is 5.62. The van der Waals surface area contributed by atoms with Crippen molar-refractivity contribution in [2.75, 3.05) is 6.61 Å². The third kappa shape index (κ3) is 3.36. The lowest BCUT2D eigenvalue weighted by molar-refractivity contribution is -0.0817. The van der Waals surface area contributed by atoms with Gasteiger partial charge in [0.25, 0.3) is 0 Å². The van der Waals surface area contributed by atoms with Gasteiger partial charge >= 0.3 is 0 Å². The quantitative estimate of drug-likeness (QED) is 0.900. The van der Waals surface area contributed by atoms with Crippen molar-refractivity contribution in [2.24, 2.45) is 5.73 Å². The standard InChI is InChI=1S/C15H26N2OS/c1-4-18-15(8-6-5-7-9-15)13(16)10-14-17-11(2)12(3)19-14/h13H,4-10,16H2,1-3H3. The maximum Gasteiger partial charge on any atom is 0.0947 e. The van der Waals surface area contributed by atoms with Gasteiger partial charge in [0, 0.05) is 23.9 Å². The SMILES string of the molecule is CCOC1(C(N)Cc2nc(C)c(C)s2)CCCCC1. The van der Waals surface area contributed by atoms with Gasteiger partial charge in [-0.2, -0.15) is 0 Å². The fourth-order valence-corrected chi connectivity index (χ4v) is 4.05. The summed E-state index contributed by atoms with van der Waals surface area (Å²) in [5.41, 5.74) is 7.53. The molecule has 1 aromatic rings. The van der Waals surface area contributed by atoms with Crippen LogP contribution in [0.25, 0.3) is 0 Å². The smallest absolute Gasteiger partial charge is 0.0947 e. The Morgan fingerprint density at radius 1 is 1.32 bits per heavy atom. The van der Waals surface area contributed by atoms with Crippen molar-refractivity contribution in [2.45, 2.75) is 70.9 Å². The predicted octanol–water partition coefficient (Wildman–Crippen LogP) is 3.37. The summed E-state index contributed by atoms with van der Waals surface area (Å²) in [5.74, 6) is 0. The van der Waals surface area contributed by atoms with Gasteiger partial charge in [-0.3, -0.25) is 0 Å². The van der Waals surface area contributed by atoms with Gasteiger partial charge in [0.1, 0.15) is 0 Å². The van der Waals surface area contributed by atoms with Gasteiger partial charge in [-0.15, -0.1) is 11.3 Å². The number of thiazole rings is 1. The molecular weight excluding hydrogens is 256 g/mol. The molecule has 2 rings (SSSR count). The van der Waals surface area contributed by atoms with E-state index < -0.39 is 0 Å². The van der Waals surface area contributed by atoms with Gasteiger partial charge in [-0.1, -0.05) is 19.3 Å². The number of ether oxygens (including phenoxy) is 1. The Labute approximate surface area is 120 Å². The molecule has 1 saturated carbocycles. The highest BCUT2D eigenvalue weighted by Gasteiger charge is 2.39. The zero-order valence-corrected chi connectivity index (χ0v) is 13.2. The molecule has 1 aliphatic carbocycles. The van der Waals surface area contributed by atoms with Crippen LogP contribution >= 0.6 is 11.3 Å². The second kappa shape index (κ2) is 6.33. The molecule has 0 spiro atoms. The summed E-state index contributed by atoms with van der Waals surface area (Å²) in [6, 6.07) is 0.0673. The molecular formula is C15H26N2OS. The summed E-state index contributed by atoms with van der Waals surface area (Å²) < 4.78 is 6.09. The van der Waals surface area contributed by atoms with Gasteiger partial charge in [-0.05, 0) is 33.6 Å². The van der Waals surface area contributed by atoms with Crippen molar-refractivity contribution >= 4 is 11.3 Å². The first-order chi connectivity index (χ1) is 9.07. The van der Waals surface area contributed by atoms with Gasteiger partial charge < -0.3 is 10.5 Å². The van der Waals surface area contributed by atoms with Crippen LogP contribution in [-0.2, 0) is 11.2 Å². The highest BCUT2D eigenvalue weighted by molar-refractivity contribution is 7.11. The van der Waals surface area contributed by atoms with E-state index in [0.717, 1.165) is 36.6 Å². The van der Waals surface area contributed by atoms with Crippen molar-refractivity contribution < 1.29 is 4.74 Å². The first kappa shape index (κ1) is 14.9. The van der Waals surface area contributed by atoms with Crippen LogP contribution < -0.4 is 5.73 Å². The van der Waals surface area contributed by atoms with Gasteiger partial charge in [-0.25, -0.2) is 4.98 Å². The van der Waals surface area contributed by atoms with Gasteiger partial charge in [0.2, 0.25) is 0 Å². The molecule has 0 aliphatic heterocycles. The van der Waals surface area contributed by atoms with Crippen molar-refractivity contribution in [1.82, 2.24) is 4.98 Å². The first-order valence-electron chi connectivity index (χ1n) is 7.40. The first-order valence-corrected chi connectivity index (χ1v) is 8.21. The van der Waals surface area contributed by atoms with Crippen LogP contribution in [0.5, 0.6) is 0 Å². The van der Waals surface area contributed by atoms with Crippen LogP contribution in [0.2, 0.25) is 0 Å². The van der Waals surface area contributed by atoms with Crippen LogP contribution in [0, 0.1) is 13.8 Å². The monoisotopic (exact) mass is 282 g/mol. The topological polar surface area (TPSA) is 48.1 Å². The molecule has 0 bridgehead atoms. The van der Waals surface area contributed by atoms with E-state index in [1.165, 1.54) is 24.1 Å². The molecule has 0 aromatic carbocycles. The maximum atomic E-state index is 6.50. The van der Waals surface area contributed by atoms with Crippen molar-refractivity contribution in [3.05, 3.63) is 15.6 Å². The van der Waals surface area contributed by atoms with E-state index in [9.17, 15) is 0 Å². The molecule has 1 aliphatic rings. The maximum absolute atomic E-state index is 6.50. The minimum Gasteiger partial charge on any atom is -0.374 e. The molecule has 3 nitrogen and oxygen atoms in total. The number of aromatic nitrogens is 1. The van der Waals surface area contributed by atoms with Crippen molar-refractivity contribution in [3.63, 3.8) is 0 Å². The minimum absolute atomic E-state index is 0.0673. The number of nitrogens with two attached hydrogens (primary N) is 1. The summed E-state index contributed by atoms with van der Waals surface area (Å²) in [4.78, 5) is 5.92. The van der Waals surface area contributed by atoms with E-state index in [1.54, 1.807) is 11.3 Å². The highest BCUT2D eigenvalue weighted by atomic mass is 32.1. The molecule has 19 heavy (non-hydrogen) atoms. The summed E-state index contributed by atoms with van der Waals surface area (Å²) in [5, 5.41) is 1.16. The summed E-state index contributed by atoms with van der Waals surface area (Å²) in [6.07, 6.45) is 6.85. The third-order valence-corrected chi connectivity index (χ3v) is 5.37. The lowest BCUT2D eigenvalue weighted by Gasteiger charge is -2.41. The Morgan fingerprint density at radius 2 is 2.00 bits per heavy atom. The molecule has 1 heterocycles. The molecule has 0 radical (unpaired) electrons. The molecule has 108 valence electrons. The Kier molecular flexibility index (Phi) is 4.98. The van der Waals surface area contributed by atoms with E-state index in [2.05, 4.69) is 25.8 Å². The largest absolute Gasteiger partial charge is 0.374 e. The van der Waals surface area contributed by atoms with Gasteiger partial charge in [0.05, 0.1) is 16.3 Å². The number of nitrogens with zero attached hydrogens (tertiary/aromatic N) is 1.